The maximum atomic E-state index is 11.8. The number of hydrogen-bond acceptors (Lipinski definition) is 3. The molecule has 0 spiro atoms. The second kappa shape index (κ2) is 5.20. The Morgan fingerprint density at radius 3 is 2.12 bits per heavy atom. The van der Waals surface area contributed by atoms with Crippen LogP contribution in [-0.4, -0.2) is 47.8 Å². The summed E-state index contributed by atoms with van der Waals surface area (Å²) < 4.78 is 0. The first-order valence-corrected chi connectivity index (χ1v) is 4.91. The Balaban J connectivity index is 3.01. The number of amides is 2. The molecule has 0 aromatic heterocycles. The van der Waals surface area contributed by atoms with Crippen molar-refractivity contribution >= 4 is 17.7 Å². The first-order chi connectivity index (χ1) is 7.91. The number of carboxylic acid groups (broad SMARTS) is 1. The van der Waals surface area contributed by atoms with Crippen LogP contribution < -0.4 is 4.90 Å². The monoisotopic (exact) mass is 238 g/mol. The van der Waals surface area contributed by atoms with E-state index in [1.807, 2.05) is 0 Å². The van der Waals surface area contributed by atoms with Gasteiger partial charge in [-0.2, -0.15) is 0 Å². The van der Waals surface area contributed by atoms with Gasteiger partial charge in [-0.3, -0.25) is 9.69 Å². The lowest BCUT2D eigenvalue weighted by Crippen LogP contribution is -2.42. The van der Waals surface area contributed by atoms with Crippen LogP contribution in [0, 0.1) is 0 Å². The summed E-state index contributed by atoms with van der Waals surface area (Å²) in [6.45, 7) is -0.429. The van der Waals surface area contributed by atoms with Crippen molar-refractivity contribution in [2.24, 2.45) is 0 Å². The topological polar surface area (TPSA) is 81.1 Å². The minimum atomic E-state index is -1.10. The van der Waals surface area contributed by atoms with Crippen molar-refractivity contribution in [3.05, 3.63) is 24.3 Å². The SMILES string of the molecule is CN(C)C(=O)N(CC(=O)O)c1ccc(O)cc1. The Bertz CT molecular complexity index is 414. The van der Waals surface area contributed by atoms with Crippen molar-refractivity contribution in [3.8, 4) is 5.75 Å². The summed E-state index contributed by atoms with van der Waals surface area (Å²) in [6, 6.07) is 5.33. The van der Waals surface area contributed by atoms with Crippen LogP contribution in [0.2, 0.25) is 0 Å². The third-order valence-corrected chi connectivity index (χ3v) is 2.07. The summed E-state index contributed by atoms with van der Waals surface area (Å²) in [5, 5.41) is 17.9. The number of anilines is 1. The van der Waals surface area contributed by atoms with Crippen molar-refractivity contribution in [2.75, 3.05) is 25.5 Å². The van der Waals surface area contributed by atoms with Gasteiger partial charge in [0.1, 0.15) is 12.3 Å². The molecular formula is C11H14N2O4. The Labute approximate surface area is 98.7 Å². The number of carbonyl (C=O) groups is 2. The molecule has 0 fully saturated rings. The van der Waals surface area contributed by atoms with Gasteiger partial charge < -0.3 is 15.1 Å². The van der Waals surface area contributed by atoms with Crippen LogP contribution in [-0.2, 0) is 4.79 Å². The molecule has 6 heteroatoms. The second-order valence-electron chi connectivity index (χ2n) is 3.67. The van der Waals surface area contributed by atoms with Crippen LogP contribution in [0.3, 0.4) is 0 Å². The average molecular weight is 238 g/mol. The molecule has 0 aliphatic heterocycles. The summed E-state index contributed by atoms with van der Waals surface area (Å²) in [4.78, 5) is 24.9. The number of aliphatic carboxylic acids is 1. The Hall–Kier alpha value is -2.24. The minimum Gasteiger partial charge on any atom is -0.508 e. The van der Waals surface area contributed by atoms with Crippen LogP contribution in [0.15, 0.2) is 24.3 Å². The van der Waals surface area contributed by atoms with E-state index in [0.29, 0.717) is 5.69 Å². The highest BCUT2D eigenvalue weighted by atomic mass is 16.4. The number of benzene rings is 1. The number of carbonyl (C=O) groups excluding carboxylic acids is 1. The molecule has 0 heterocycles. The molecule has 0 unspecified atom stereocenters. The highest BCUT2D eigenvalue weighted by Gasteiger charge is 2.20. The molecule has 0 aliphatic rings. The van der Waals surface area contributed by atoms with Gasteiger partial charge in [0, 0.05) is 19.8 Å². The second-order valence-corrected chi connectivity index (χ2v) is 3.67. The van der Waals surface area contributed by atoms with Gasteiger partial charge in [0.2, 0.25) is 0 Å². The first-order valence-electron chi connectivity index (χ1n) is 4.91. The van der Waals surface area contributed by atoms with E-state index < -0.39 is 18.5 Å². The zero-order chi connectivity index (χ0) is 13.0. The van der Waals surface area contributed by atoms with Gasteiger partial charge in [-0.1, -0.05) is 0 Å². The number of phenolic OH excluding ortho intramolecular Hbond substituents is 1. The number of nitrogens with zero attached hydrogens (tertiary/aromatic N) is 2. The summed E-state index contributed by atoms with van der Waals surface area (Å²) in [5.74, 6) is -1.05. The smallest absolute Gasteiger partial charge is 0.324 e. The molecule has 17 heavy (non-hydrogen) atoms. The van der Waals surface area contributed by atoms with E-state index >= 15 is 0 Å². The van der Waals surface area contributed by atoms with Gasteiger partial charge >= 0.3 is 12.0 Å². The normalized spacial score (nSPS) is 9.76. The maximum absolute atomic E-state index is 11.8. The van der Waals surface area contributed by atoms with Crippen LogP contribution in [0.25, 0.3) is 0 Å². The number of carboxylic acids is 1. The molecule has 0 saturated carbocycles. The summed E-state index contributed by atoms with van der Waals surface area (Å²) in [6.07, 6.45) is 0. The van der Waals surface area contributed by atoms with Gasteiger partial charge in [0.05, 0.1) is 0 Å². The van der Waals surface area contributed by atoms with Crippen LogP contribution in [0.5, 0.6) is 5.75 Å². The standard InChI is InChI=1S/C11H14N2O4/c1-12(2)11(17)13(7-10(15)16)8-3-5-9(14)6-4-8/h3-6,14H,7H2,1-2H3,(H,15,16). The van der Waals surface area contributed by atoms with Crippen molar-refractivity contribution in [2.45, 2.75) is 0 Å². The number of rotatable bonds is 3. The van der Waals surface area contributed by atoms with E-state index in [1.54, 1.807) is 0 Å². The third kappa shape index (κ3) is 3.37. The first kappa shape index (κ1) is 12.8. The highest BCUT2D eigenvalue weighted by molar-refractivity contribution is 5.96. The van der Waals surface area contributed by atoms with Gasteiger partial charge in [-0.15, -0.1) is 0 Å². The Morgan fingerprint density at radius 2 is 1.71 bits per heavy atom. The zero-order valence-electron chi connectivity index (χ0n) is 9.62. The lowest BCUT2D eigenvalue weighted by Gasteiger charge is -2.24. The van der Waals surface area contributed by atoms with E-state index in [9.17, 15) is 9.59 Å². The molecule has 0 radical (unpaired) electrons. The average Bonchev–Trinajstić information content (AvgIpc) is 2.26. The van der Waals surface area contributed by atoms with Crippen molar-refractivity contribution < 1.29 is 19.8 Å². The van der Waals surface area contributed by atoms with Crippen LogP contribution in [0.1, 0.15) is 0 Å². The highest BCUT2D eigenvalue weighted by Crippen LogP contribution is 2.19. The fourth-order valence-corrected chi connectivity index (χ4v) is 1.28. The molecule has 2 N–H and O–H groups in total. The molecule has 0 bridgehead atoms. The molecule has 92 valence electrons. The predicted molar refractivity (Wildman–Crippen MR) is 62.2 cm³/mol. The lowest BCUT2D eigenvalue weighted by molar-refractivity contribution is -0.135. The third-order valence-electron chi connectivity index (χ3n) is 2.07. The maximum Gasteiger partial charge on any atom is 0.324 e. The van der Waals surface area contributed by atoms with Crippen LogP contribution >= 0.6 is 0 Å². The van der Waals surface area contributed by atoms with E-state index in [-0.39, 0.29) is 5.75 Å². The number of hydrogen-bond donors (Lipinski definition) is 2. The summed E-state index contributed by atoms with van der Waals surface area (Å²) in [7, 11) is 3.08. The van der Waals surface area contributed by atoms with E-state index in [4.69, 9.17) is 10.2 Å². The molecule has 0 aliphatic carbocycles. The molecule has 0 saturated heterocycles. The van der Waals surface area contributed by atoms with Gasteiger partial charge in [-0.25, -0.2) is 4.79 Å². The Morgan fingerprint density at radius 1 is 1.18 bits per heavy atom. The minimum absolute atomic E-state index is 0.0568. The number of phenols is 1. The fourth-order valence-electron chi connectivity index (χ4n) is 1.28. The summed E-state index contributed by atoms with van der Waals surface area (Å²) >= 11 is 0. The van der Waals surface area contributed by atoms with Gasteiger partial charge in [0.25, 0.3) is 0 Å². The van der Waals surface area contributed by atoms with Crippen molar-refractivity contribution in [1.82, 2.24) is 4.90 Å². The molecule has 1 rings (SSSR count). The van der Waals surface area contributed by atoms with E-state index in [2.05, 4.69) is 0 Å². The van der Waals surface area contributed by atoms with Crippen molar-refractivity contribution in [3.63, 3.8) is 0 Å². The summed E-state index contributed by atoms with van der Waals surface area (Å²) in [5.41, 5.74) is 0.420. The zero-order valence-corrected chi connectivity index (χ0v) is 9.62. The van der Waals surface area contributed by atoms with E-state index in [1.165, 1.54) is 43.3 Å². The largest absolute Gasteiger partial charge is 0.508 e. The van der Waals surface area contributed by atoms with Gasteiger partial charge in [-0.05, 0) is 24.3 Å². The molecular weight excluding hydrogens is 224 g/mol. The van der Waals surface area contributed by atoms with Gasteiger partial charge in [0.15, 0.2) is 0 Å². The Kier molecular flexibility index (Phi) is 3.92. The predicted octanol–water partition coefficient (Wildman–Crippen LogP) is 0.965. The number of aromatic hydroxyl groups is 1. The van der Waals surface area contributed by atoms with Crippen molar-refractivity contribution in [1.29, 1.82) is 0 Å². The molecule has 1 aromatic rings. The number of urea groups is 1. The molecule has 1 aromatic carbocycles. The lowest BCUT2D eigenvalue weighted by atomic mass is 10.2. The molecule has 2 amide bonds. The molecule has 0 atom stereocenters. The van der Waals surface area contributed by atoms with E-state index in [0.717, 1.165) is 4.90 Å². The quantitative estimate of drug-likeness (QED) is 0.822. The fraction of sp³-hybridized carbons (Fsp3) is 0.273. The molecule has 6 nitrogen and oxygen atoms in total. The van der Waals surface area contributed by atoms with Crippen LogP contribution in [0.4, 0.5) is 10.5 Å².